The highest BCUT2D eigenvalue weighted by Gasteiger charge is 2.17. The Balaban J connectivity index is 1.53. The molecule has 7 nitrogen and oxygen atoms in total. The smallest absolute Gasteiger partial charge is 0.270 e. The molecule has 0 aromatic carbocycles. The zero-order valence-corrected chi connectivity index (χ0v) is 15.7. The molecule has 3 aromatic heterocycles. The predicted molar refractivity (Wildman–Crippen MR) is 104 cm³/mol. The van der Waals surface area contributed by atoms with Crippen LogP contribution >= 0.6 is 0 Å². The second kappa shape index (κ2) is 7.99. The lowest BCUT2D eigenvalue weighted by Gasteiger charge is -2.08. The fraction of sp³-hybridized carbons (Fsp3) is 0.300. The highest BCUT2D eigenvalue weighted by atomic mass is 16.2. The molecule has 0 aliphatic carbocycles. The number of carbonyl (C=O) groups is 2. The Morgan fingerprint density at radius 3 is 2.67 bits per heavy atom. The molecule has 0 radical (unpaired) electrons. The van der Waals surface area contributed by atoms with Gasteiger partial charge in [-0.1, -0.05) is 12.1 Å². The van der Waals surface area contributed by atoms with E-state index in [4.69, 9.17) is 0 Å². The largest absolute Gasteiger partial charge is 0.351 e. The number of fused-ring (bicyclic) bond motifs is 1. The molecule has 0 saturated heterocycles. The Bertz CT molecular complexity index is 993. The van der Waals surface area contributed by atoms with Crippen molar-refractivity contribution in [2.45, 2.75) is 33.6 Å². The summed E-state index contributed by atoms with van der Waals surface area (Å²) in [7, 11) is 0. The normalized spacial score (nSPS) is 10.8. The highest BCUT2D eigenvalue weighted by molar-refractivity contribution is 5.95. The van der Waals surface area contributed by atoms with E-state index >= 15 is 0 Å². The van der Waals surface area contributed by atoms with E-state index < -0.39 is 0 Å². The fourth-order valence-corrected chi connectivity index (χ4v) is 2.94. The molecule has 0 unspecified atom stereocenters. The summed E-state index contributed by atoms with van der Waals surface area (Å²) in [5, 5.41) is 5.66. The Labute approximate surface area is 157 Å². The molecule has 0 saturated carbocycles. The minimum Gasteiger partial charge on any atom is -0.351 e. The second-order valence-electron chi connectivity index (χ2n) is 6.51. The lowest BCUT2D eigenvalue weighted by atomic mass is 10.2. The van der Waals surface area contributed by atoms with Gasteiger partial charge in [-0.15, -0.1) is 0 Å². The summed E-state index contributed by atoms with van der Waals surface area (Å²) in [5.74, 6) is 0.266. The van der Waals surface area contributed by atoms with Gasteiger partial charge in [0.1, 0.15) is 17.2 Å². The standard InChI is InChI=1S/C20H23N5O2/c1-13-7-4-10-21-18(13)24-16(26)9-5-11-22-20(27)17-15(3)23-19-14(2)8-6-12-25(17)19/h4,6-8,10,12H,5,9,11H2,1-3H3,(H,22,27)(H,21,24,26). The van der Waals surface area contributed by atoms with Crippen LogP contribution in [0.1, 0.15) is 40.2 Å². The molecule has 0 aliphatic heterocycles. The van der Waals surface area contributed by atoms with Crippen LogP contribution in [0.4, 0.5) is 5.82 Å². The summed E-state index contributed by atoms with van der Waals surface area (Å²) in [6.45, 7) is 6.09. The summed E-state index contributed by atoms with van der Waals surface area (Å²) in [6, 6.07) is 7.57. The lowest BCUT2D eigenvalue weighted by molar-refractivity contribution is -0.116. The molecule has 2 amide bonds. The Morgan fingerprint density at radius 2 is 1.89 bits per heavy atom. The van der Waals surface area contributed by atoms with Crippen molar-refractivity contribution in [1.29, 1.82) is 0 Å². The second-order valence-corrected chi connectivity index (χ2v) is 6.51. The first-order chi connectivity index (χ1) is 13.0. The SMILES string of the molecule is Cc1cccnc1NC(=O)CCCNC(=O)c1c(C)nc2c(C)cccn12. The molecule has 7 heteroatoms. The van der Waals surface area contributed by atoms with Gasteiger partial charge in [0.2, 0.25) is 5.91 Å². The maximum atomic E-state index is 12.5. The van der Waals surface area contributed by atoms with E-state index in [9.17, 15) is 9.59 Å². The molecule has 140 valence electrons. The molecule has 0 spiro atoms. The molecule has 2 N–H and O–H groups in total. The molecule has 0 bridgehead atoms. The third-order valence-corrected chi connectivity index (χ3v) is 4.37. The minimum absolute atomic E-state index is 0.118. The molecule has 3 heterocycles. The number of rotatable bonds is 6. The monoisotopic (exact) mass is 365 g/mol. The van der Waals surface area contributed by atoms with E-state index in [1.165, 1.54) is 0 Å². The zero-order valence-electron chi connectivity index (χ0n) is 15.7. The van der Waals surface area contributed by atoms with Gasteiger partial charge >= 0.3 is 0 Å². The number of amides is 2. The van der Waals surface area contributed by atoms with E-state index in [0.29, 0.717) is 36.6 Å². The van der Waals surface area contributed by atoms with Crippen molar-refractivity contribution >= 4 is 23.3 Å². The number of imidazole rings is 1. The van der Waals surface area contributed by atoms with Gasteiger partial charge in [-0.2, -0.15) is 0 Å². The van der Waals surface area contributed by atoms with Crippen LogP contribution in [0.3, 0.4) is 0 Å². The first-order valence-electron chi connectivity index (χ1n) is 8.91. The van der Waals surface area contributed by atoms with Crippen LogP contribution in [-0.2, 0) is 4.79 Å². The Morgan fingerprint density at radius 1 is 1.11 bits per heavy atom. The van der Waals surface area contributed by atoms with Crippen molar-refractivity contribution in [3.05, 3.63) is 59.2 Å². The van der Waals surface area contributed by atoms with Crippen molar-refractivity contribution in [1.82, 2.24) is 19.7 Å². The van der Waals surface area contributed by atoms with E-state index in [2.05, 4.69) is 20.6 Å². The highest BCUT2D eigenvalue weighted by Crippen LogP contribution is 2.15. The molecule has 3 rings (SSSR count). The van der Waals surface area contributed by atoms with Crippen molar-refractivity contribution in [3.8, 4) is 0 Å². The van der Waals surface area contributed by atoms with Crippen molar-refractivity contribution in [2.24, 2.45) is 0 Å². The van der Waals surface area contributed by atoms with Crippen LogP contribution in [0, 0.1) is 20.8 Å². The van der Waals surface area contributed by atoms with Gasteiger partial charge in [-0.3, -0.25) is 14.0 Å². The minimum atomic E-state index is -0.188. The van der Waals surface area contributed by atoms with Crippen molar-refractivity contribution in [3.63, 3.8) is 0 Å². The lowest BCUT2D eigenvalue weighted by Crippen LogP contribution is -2.27. The average Bonchev–Trinajstić information content (AvgIpc) is 2.98. The number of nitrogens with one attached hydrogen (secondary N) is 2. The quantitative estimate of drug-likeness (QED) is 0.658. The molecule has 0 atom stereocenters. The van der Waals surface area contributed by atoms with Crippen LogP contribution in [0.15, 0.2) is 36.7 Å². The van der Waals surface area contributed by atoms with Gasteiger partial charge in [-0.25, -0.2) is 9.97 Å². The van der Waals surface area contributed by atoms with E-state index in [0.717, 1.165) is 16.8 Å². The predicted octanol–water partition coefficient (Wildman–Crippen LogP) is 2.80. The number of carbonyl (C=O) groups excluding carboxylic acids is 2. The Kier molecular flexibility index (Phi) is 5.49. The number of anilines is 1. The number of nitrogens with zero attached hydrogens (tertiary/aromatic N) is 3. The number of aryl methyl sites for hydroxylation is 3. The average molecular weight is 365 g/mol. The molecule has 0 aliphatic rings. The van der Waals surface area contributed by atoms with Crippen LogP contribution in [-0.4, -0.2) is 32.7 Å². The fourth-order valence-electron chi connectivity index (χ4n) is 2.94. The molecular formula is C20H23N5O2. The first kappa shape index (κ1) is 18.6. The molecule has 0 fully saturated rings. The van der Waals surface area contributed by atoms with Crippen LogP contribution in [0.5, 0.6) is 0 Å². The zero-order chi connectivity index (χ0) is 19.4. The maximum Gasteiger partial charge on any atom is 0.270 e. The molecule has 27 heavy (non-hydrogen) atoms. The summed E-state index contributed by atoms with van der Waals surface area (Å²) in [6.07, 6.45) is 4.32. The van der Waals surface area contributed by atoms with Gasteiger partial charge in [0.05, 0.1) is 5.69 Å². The molecular weight excluding hydrogens is 342 g/mol. The molecule has 3 aromatic rings. The topological polar surface area (TPSA) is 88.4 Å². The summed E-state index contributed by atoms with van der Waals surface area (Å²) in [5.41, 5.74) is 3.93. The third kappa shape index (κ3) is 4.13. The van der Waals surface area contributed by atoms with E-state index in [-0.39, 0.29) is 11.8 Å². The maximum absolute atomic E-state index is 12.5. The number of aromatic nitrogens is 3. The van der Waals surface area contributed by atoms with Gasteiger partial charge in [-0.05, 0) is 50.5 Å². The number of hydrogen-bond acceptors (Lipinski definition) is 4. The van der Waals surface area contributed by atoms with Crippen LogP contribution < -0.4 is 10.6 Å². The van der Waals surface area contributed by atoms with Crippen molar-refractivity contribution in [2.75, 3.05) is 11.9 Å². The first-order valence-corrected chi connectivity index (χ1v) is 8.91. The number of pyridine rings is 2. The Hall–Kier alpha value is -3.22. The van der Waals surface area contributed by atoms with Gasteiger partial charge in [0.25, 0.3) is 5.91 Å². The number of hydrogen-bond donors (Lipinski definition) is 2. The summed E-state index contributed by atoms with van der Waals surface area (Å²) in [4.78, 5) is 33.2. The third-order valence-electron chi connectivity index (χ3n) is 4.37. The summed E-state index contributed by atoms with van der Waals surface area (Å²) < 4.78 is 1.80. The van der Waals surface area contributed by atoms with Gasteiger partial charge < -0.3 is 10.6 Å². The van der Waals surface area contributed by atoms with Crippen molar-refractivity contribution < 1.29 is 9.59 Å². The van der Waals surface area contributed by atoms with Gasteiger partial charge in [0.15, 0.2) is 0 Å². The van der Waals surface area contributed by atoms with E-state index in [1.807, 2.05) is 51.2 Å². The van der Waals surface area contributed by atoms with Gasteiger partial charge in [0, 0.05) is 25.4 Å². The van der Waals surface area contributed by atoms with Crippen LogP contribution in [0.2, 0.25) is 0 Å². The summed E-state index contributed by atoms with van der Waals surface area (Å²) >= 11 is 0. The van der Waals surface area contributed by atoms with E-state index in [1.54, 1.807) is 10.6 Å². The van der Waals surface area contributed by atoms with Crippen LogP contribution in [0.25, 0.3) is 5.65 Å².